The van der Waals surface area contributed by atoms with E-state index in [4.69, 9.17) is 4.74 Å². The van der Waals surface area contributed by atoms with Crippen LogP contribution in [0.2, 0.25) is 0 Å². The fraction of sp³-hybridized carbons (Fsp3) is 0.387. The minimum atomic E-state index is 0.189. The highest BCUT2D eigenvalue weighted by Crippen LogP contribution is 2.33. The first-order valence-electron chi connectivity index (χ1n) is 13.1. The van der Waals surface area contributed by atoms with Crippen LogP contribution in [0.3, 0.4) is 0 Å². The number of ether oxygens (including phenoxy) is 1. The van der Waals surface area contributed by atoms with Crippen molar-refractivity contribution in [1.29, 1.82) is 0 Å². The summed E-state index contributed by atoms with van der Waals surface area (Å²) in [5.74, 6) is 1.86. The number of piperidine rings is 1. The van der Waals surface area contributed by atoms with Gasteiger partial charge >= 0.3 is 0 Å². The van der Waals surface area contributed by atoms with E-state index in [0.29, 0.717) is 19.6 Å². The van der Waals surface area contributed by atoms with E-state index in [2.05, 4.69) is 65.6 Å². The van der Waals surface area contributed by atoms with Gasteiger partial charge in [-0.25, -0.2) is 0 Å². The van der Waals surface area contributed by atoms with Gasteiger partial charge in [-0.1, -0.05) is 66.7 Å². The Kier molecular flexibility index (Phi) is 7.79. The number of anilines is 1. The van der Waals surface area contributed by atoms with Crippen molar-refractivity contribution in [3.63, 3.8) is 0 Å². The highest BCUT2D eigenvalue weighted by molar-refractivity contribution is 5.96. The number of nitrogens with zero attached hydrogens (tertiary/aromatic N) is 2. The standard InChI is InChI=1S/C31H36N2O2/c34-31-15-13-28-12-14-29(23-30(28)33(31)24-27-10-5-2-6-11-27)35-21-7-18-32-19-16-26(17-20-32)22-25-8-3-1-4-9-25/h1-6,8-12,14,23,26H,7,13,15-22,24H2. The third-order valence-electron chi connectivity index (χ3n) is 7.40. The molecule has 2 aliphatic heterocycles. The Morgan fingerprint density at radius 1 is 0.829 bits per heavy atom. The summed E-state index contributed by atoms with van der Waals surface area (Å²) in [5.41, 5.74) is 4.84. The lowest BCUT2D eigenvalue weighted by Crippen LogP contribution is -2.35. The van der Waals surface area contributed by atoms with Crippen LogP contribution in [-0.4, -0.2) is 37.0 Å². The molecule has 0 saturated carbocycles. The Labute approximate surface area is 209 Å². The highest BCUT2D eigenvalue weighted by atomic mass is 16.5. The Morgan fingerprint density at radius 2 is 1.54 bits per heavy atom. The molecule has 0 aromatic heterocycles. The summed E-state index contributed by atoms with van der Waals surface area (Å²) in [6, 6.07) is 27.3. The summed E-state index contributed by atoms with van der Waals surface area (Å²) in [6.45, 7) is 4.77. The van der Waals surface area contributed by atoms with Gasteiger partial charge in [-0.3, -0.25) is 4.79 Å². The van der Waals surface area contributed by atoms with Gasteiger partial charge in [0.15, 0.2) is 0 Å². The van der Waals surface area contributed by atoms with Crippen molar-refractivity contribution < 1.29 is 9.53 Å². The number of amides is 1. The van der Waals surface area contributed by atoms with Gasteiger partial charge in [0.1, 0.15) is 5.75 Å². The van der Waals surface area contributed by atoms with Crippen LogP contribution in [0.4, 0.5) is 5.69 Å². The Balaban J connectivity index is 1.09. The highest BCUT2D eigenvalue weighted by Gasteiger charge is 2.25. The number of likely N-dealkylation sites (tertiary alicyclic amines) is 1. The van der Waals surface area contributed by atoms with Crippen LogP contribution in [0, 0.1) is 5.92 Å². The SMILES string of the molecule is O=C1CCc2ccc(OCCCN3CCC(Cc4ccccc4)CC3)cc2N1Cc1ccccc1. The Morgan fingerprint density at radius 3 is 2.29 bits per heavy atom. The van der Waals surface area contributed by atoms with E-state index in [1.165, 1.54) is 43.5 Å². The first-order valence-corrected chi connectivity index (χ1v) is 13.1. The van der Waals surface area contributed by atoms with E-state index in [-0.39, 0.29) is 5.91 Å². The number of hydrogen-bond acceptors (Lipinski definition) is 3. The van der Waals surface area contributed by atoms with Gasteiger partial charge in [-0.2, -0.15) is 0 Å². The van der Waals surface area contributed by atoms with Crippen molar-refractivity contribution in [2.75, 3.05) is 31.1 Å². The van der Waals surface area contributed by atoms with Crippen molar-refractivity contribution in [2.45, 2.75) is 45.1 Å². The number of benzene rings is 3. The molecule has 1 fully saturated rings. The number of aryl methyl sites for hydroxylation is 1. The van der Waals surface area contributed by atoms with Crippen LogP contribution in [0.25, 0.3) is 0 Å². The zero-order chi connectivity index (χ0) is 23.9. The van der Waals surface area contributed by atoms with Gasteiger partial charge in [0.2, 0.25) is 5.91 Å². The molecule has 0 unspecified atom stereocenters. The zero-order valence-corrected chi connectivity index (χ0v) is 20.6. The lowest BCUT2D eigenvalue weighted by atomic mass is 9.90. The topological polar surface area (TPSA) is 32.8 Å². The van der Waals surface area contributed by atoms with E-state index >= 15 is 0 Å². The van der Waals surface area contributed by atoms with Gasteiger partial charge in [-0.05, 0) is 73.9 Å². The number of carbonyl (C=O) groups excluding carboxylic acids is 1. The van der Waals surface area contributed by atoms with E-state index in [1.807, 2.05) is 23.1 Å². The van der Waals surface area contributed by atoms with Crippen molar-refractivity contribution >= 4 is 11.6 Å². The molecule has 35 heavy (non-hydrogen) atoms. The van der Waals surface area contributed by atoms with Crippen molar-refractivity contribution in [3.8, 4) is 5.75 Å². The van der Waals surface area contributed by atoms with Gasteiger partial charge in [-0.15, -0.1) is 0 Å². The molecule has 0 radical (unpaired) electrons. The smallest absolute Gasteiger partial charge is 0.227 e. The molecular weight excluding hydrogens is 432 g/mol. The molecule has 1 saturated heterocycles. The van der Waals surface area contributed by atoms with Gasteiger partial charge < -0.3 is 14.5 Å². The number of fused-ring (bicyclic) bond motifs is 1. The molecule has 1 amide bonds. The Bertz CT molecular complexity index is 1090. The molecule has 0 aliphatic carbocycles. The molecule has 0 atom stereocenters. The van der Waals surface area contributed by atoms with E-state index in [1.54, 1.807) is 0 Å². The largest absolute Gasteiger partial charge is 0.493 e. The lowest BCUT2D eigenvalue weighted by molar-refractivity contribution is -0.119. The molecule has 0 bridgehead atoms. The summed E-state index contributed by atoms with van der Waals surface area (Å²) < 4.78 is 6.13. The predicted molar refractivity (Wildman–Crippen MR) is 142 cm³/mol. The van der Waals surface area contributed by atoms with Crippen LogP contribution in [0.1, 0.15) is 42.4 Å². The van der Waals surface area contributed by atoms with Crippen LogP contribution in [0.5, 0.6) is 5.75 Å². The molecule has 0 spiro atoms. The second-order valence-electron chi connectivity index (χ2n) is 9.93. The van der Waals surface area contributed by atoms with Gasteiger partial charge in [0.05, 0.1) is 18.8 Å². The predicted octanol–water partition coefficient (Wildman–Crippen LogP) is 5.89. The maximum Gasteiger partial charge on any atom is 0.227 e. The van der Waals surface area contributed by atoms with E-state index in [0.717, 1.165) is 42.3 Å². The Hall–Kier alpha value is -3.11. The average molecular weight is 469 g/mol. The second-order valence-corrected chi connectivity index (χ2v) is 9.93. The lowest BCUT2D eigenvalue weighted by Gasteiger charge is -2.32. The monoisotopic (exact) mass is 468 g/mol. The summed E-state index contributed by atoms with van der Waals surface area (Å²) in [5, 5.41) is 0. The molecule has 2 aliphatic rings. The molecule has 5 rings (SSSR count). The maximum atomic E-state index is 12.7. The molecule has 3 aromatic rings. The first kappa shape index (κ1) is 23.6. The molecule has 3 aromatic carbocycles. The first-order chi connectivity index (χ1) is 17.2. The third kappa shape index (κ3) is 6.32. The van der Waals surface area contributed by atoms with Crippen molar-refractivity contribution in [2.24, 2.45) is 5.92 Å². The number of carbonyl (C=O) groups is 1. The van der Waals surface area contributed by atoms with Crippen LogP contribution >= 0.6 is 0 Å². The fourth-order valence-electron chi connectivity index (χ4n) is 5.39. The molecule has 2 heterocycles. The summed E-state index contributed by atoms with van der Waals surface area (Å²) in [7, 11) is 0. The molecule has 0 N–H and O–H groups in total. The van der Waals surface area contributed by atoms with Crippen LogP contribution in [0.15, 0.2) is 78.9 Å². The summed E-state index contributed by atoms with van der Waals surface area (Å²) >= 11 is 0. The van der Waals surface area contributed by atoms with Crippen molar-refractivity contribution in [1.82, 2.24) is 4.90 Å². The zero-order valence-electron chi connectivity index (χ0n) is 20.6. The van der Waals surface area contributed by atoms with Crippen LogP contribution in [-0.2, 0) is 24.2 Å². The van der Waals surface area contributed by atoms with E-state index < -0.39 is 0 Å². The quantitative estimate of drug-likeness (QED) is 0.367. The molecule has 4 nitrogen and oxygen atoms in total. The fourth-order valence-corrected chi connectivity index (χ4v) is 5.39. The summed E-state index contributed by atoms with van der Waals surface area (Å²) in [6.07, 6.45) is 6.17. The molecule has 4 heteroatoms. The number of hydrogen-bond donors (Lipinski definition) is 0. The molecular formula is C31H36N2O2. The average Bonchev–Trinajstić information content (AvgIpc) is 2.90. The third-order valence-corrected chi connectivity index (χ3v) is 7.40. The summed E-state index contributed by atoms with van der Waals surface area (Å²) in [4.78, 5) is 17.2. The maximum absolute atomic E-state index is 12.7. The molecule has 182 valence electrons. The van der Waals surface area contributed by atoms with Crippen LogP contribution < -0.4 is 9.64 Å². The van der Waals surface area contributed by atoms with E-state index in [9.17, 15) is 4.79 Å². The normalized spacial score (nSPS) is 16.8. The minimum Gasteiger partial charge on any atom is -0.493 e. The minimum absolute atomic E-state index is 0.189. The number of rotatable bonds is 9. The second kappa shape index (κ2) is 11.5. The van der Waals surface area contributed by atoms with Gasteiger partial charge in [0, 0.05) is 19.0 Å². The van der Waals surface area contributed by atoms with Crippen molar-refractivity contribution in [3.05, 3.63) is 95.6 Å². The van der Waals surface area contributed by atoms with Gasteiger partial charge in [0.25, 0.3) is 0 Å².